The van der Waals surface area contributed by atoms with Crippen LogP contribution in [0.15, 0.2) is 5.10 Å². The highest BCUT2D eigenvalue weighted by atomic mass is 32.2. The second kappa shape index (κ2) is 5.81. The lowest BCUT2D eigenvalue weighted by molar-refractivity contribution is -0.146. The fraction of sp³-hybridized carbons (Fsp3) is 0.905. The standard InChI is InChI=1S/C21H32N2O4S/c1-19(2)16-3-4-21(19,12-28(25,26)27)17(8-16)22-23-18(24)20-9-13-5-14(10-20)7-15(6-13)11-20/h13-16H,3-12H2,1-2H3,(H,23,24)(H,25,26,27)/b22-17-/t13?,14?,15?,16-,20?,21-/m1/s1. The number of carbonyl (C=O) groups excluding carboxylic acids is 1. The van der Waals surface area contributed by atoms with Gasteiger partial charge in [0.1, 0.15) is 0 Å². The lowest BCUT2D eigenvalue weighted by Crippen LogP contribution is -2.53. The van der Waals surface area contributed by atoms with E-state index >= 15 is 0 Å². The van der Waals surface area contributed by atoms with Gasteiger partial charge in [0.2, 0.25) is 5.91 Å². The molecule has 0 aromatic carbocycles. The molecule has 0 unspecified atom stereocenters. The maximum absolute atomic E-state index is 13.2. The largest absolute Gasteiger partial charge is 0.286 e. The summed E-state index contributed by atoms with van der Waals surface area (Å²) in [5.41, 5.74) is 2.48. The van der Waals surface area contributed by atoms with Crippen molar-refractivity contribution < 1.29 is 17.8 Å². The minimum Gasteiger partial charge on any atom is -0.286 e. The maximum atomic E-state index is 13.2. The molecule has 6 aliphatic carbocycles. The number of carbonyl (C=O) groups is 1. The van der Waals surface area contributed by atoms with Crippen molar-refractivity contribution >= 4 is 21.7 Å². The Hall–Kier alpha value is -0.950. The van der Waals surface area contributed by atoms with E-state index in [1.54, 1.807) is 0 Å². The summed E-state index contributed by atoms with van der Waals surface area (Å²) >= 11 is 0. The van der Waals surface area contributed by atoms with Gasteiger partial charge in [-0.15, -0.1) is 0 Å². The van der Waals surface area contributed by atoms with Crippen LogP contribution in [0.1, 0.15) is 71.6 Å². The number of hydrazone groups is 1. The minimum absolute atomic E-state index is 0.0432. The summed E-state index contributed by atoms with van der Waals surface area (Å²) in [4.78, 5) is 13.2. The summed E-state index contributed by atoms with van der Waals surface area (Å²) in [5, 5.41) is 4.56. The molecule has 6 saturated carbocycles. The van der Waals surface area contributed by atoms with Crippen molar-refractivity contribution in [2.75, 3.05) is 5.75 Å². The molecule has 0 aromatic rings. The summed E-state index contributed by atoms with van der Waals surface area (Å²) in [6, 6.07) is 0. The van der Waals surface area contributed by atoms with E-state index < -0.39 is 15.5 Å². The zero-order valence-corrected chi connectivity index (χ0v) is 17.7. The number of hydrogen-bond donors (Lipinski definition) is 2. The van der Waals surface area contributed by atoms with Gasteiger partial charge in [-0.2, -0.15) is 13.5 Å². The Morgan fingerprint density at radius 3 is 2.21 bits per heavy atom. The first-order valence-corrected chi connectivity index (χ1v) is 12.5. The van der Waals surface area contributed by atoms with Gasteiger partial charge < -0.3 is 0 Å². The van der Waals surface area contributed by atoms with Gasteiger partial charge in [-0.25, -0.2) is 5.43 Å². The van der Waals surface area contributed by atoms with Crippen LogP contribution in [0.5, 0.6) is 0 Å². The molecular formula is C21H32N2O4S. The molecule has 6 bridgehead atoms. The molecule has 0 aromatic heterocycles. The number of fused-ring (bicyclic) bond motifs is 2. The van der Waals surface area contributed by atoms with Gasteiger partial charge >= 0.3 is 0 Å². The minimum atomic E-state index is -4.12. The van der Waals surface area contributed by atoms with Crippen LogP contribution in [0.2, 0.25) is 0 Å². The van der Waals surface area contributed by atoms with Crippen LogP contribution in [0.3, 0.4) is 0 Å². The fourth-order valence-corrected chi connectivity index (χ4v) is 9.53. The smallest absolute Gasteiger partial charge is 0.265 e. The lowest BCUT2D eigenvalue weighted by atomic mass is 9.49. The Bertz CT molecular complexity index is 811. The van der Waals surface area contributed by atoms with Crippen molar-refractivity contribution in [1.82, 2.24) is 5.43 Å². The third-order valence-electron chi connectivity index (χ3n) is 9.41. The van der Waals surface area contributed by atoms with E-state index in [2.05, 4.69) is 24.4 Å². The van der Waals surface area contributed by atoms with Crippen molar-refractivity contribution in [2.45, 2.75) is 71.6 Å². The van der Waals surface area contributed by atoms with Crippen LogP contribution in [0.4, 0.5) is 0 Å². The molecule has 1 amide bonds. The Morgan fingerprint density at radius 1 is 1.14 bits per heavy atom. The van der Waals surface area contributed by atoms with Crippen molar-refractivity contribution in [3.05, 3.63) is 0 Å². The molecule has 7 heteroatoms. The highest BCUT2D eigenvalue weighted by molar-refractivity contribution is 7.85. The summed E-state index contributed by atoms with van der Waals surface area (Å²) in [5.74, 6) is 2.17. The van der Waals surface area contributed by atoms with Crippen molar-refractivity contribution in [1.29, 1.82) is 0 Å². The molecule has 2 atom stereocenters. The van der Waals surface area contributed by atoms with E-state index in [9.17, 15) is 17.8 Å². The molecule has 2 N–H and O–H groups in total. The number of rotatable bonds is 4. The first kappa shape index (κ1) is 19.0. The Kier molecular flexibility index (Phi) is 3.95. The van der Waals surface area contributed by atoms with Gasteiger partial charge in [0.15, 0.2) is 0 Å². The van der Waals surface area contributed by atoms with Crippen LogP contribution < -0.4 is 5.43 Å². The van der Waals surface area contributed by atoms with E-state index in [4.69, 9.17) is 0 Å². The van der Waals surface area contributed by atoms with E-state index in [1.807, 2.05) is 0 Å². The van der Waals surface area contributed by atoms with E-state index in [0.29, 0.717) is 36.5 Å². The highest BCUT2D eigenvalue weighted by Crippen LogP contribution is 2.65. The van der Waals surface area contributed by atoms with Crippen LogP contribution in [-0.4, -0.2) is 30.3 Å². The van der Waals surface area contributed by atoms with Crippen molar-refractivity contribution in [3.63, 3.8) is 0 Å². The van der Waals surface area contributed by atoms with E-state index in [0.717, 1.165) is 31.4 Å². The molecule has 6 nitrogen and oxygen atoms in total. The summed E-state index contributed by atoms with van der Waals surface area (Å²) in [7, 11) is -4.12. The third kappa shape index (κ3) is 2.64. The number of hydrogen-bond acceptors (Lipinski definition) is 4. The van der Waals surface area contributed by atoms with Crippen LogP contribution in [0.25, 0.3) is 0 Å². The van der Waals surface area contributed by atoms with Crippen molar-refractivity contribution in [3.8, 4) is 0 Å². The van der Waals surface area contributed by atoms with Gasteiger partial charge in [-0.3, -0.25) is 9.35 Å². The van der Waals surface area contributed by atoms with Gasteiger partial charge in [0, 0.05) is 11.1 Å². The SMILES string of the molecule is CC1(C)[C@@H]2CC[C@@]1(CS(=O)(=O)O)/C(=N\NC(=O)C13CC4CC(CC(C4)C1)C3)C2. The summed E-state index contributed by atoms with van der Waals surface area (Å²) in [6.45, 7) is 4.17. The van der Waals surface area contributed by atoms with Crippen LogP contribution in [-0.2, 0) is 14.9 Å². The van der Waals surface area contributed by atoms with Crippen molar-refractivity contribution in [2.24, 2.45) is 45.0 Å². The molecule has 6 aliphatic rings. The monoisotopic (exact) mass is 408 g/mol. The van der Waals surface area contributed by atoms with Gasteiger partial charge in [-0.05, 0) is 86.9 Å². The third-order valence-corrected chi connectivity index (χ3v) is 10.3. The first-order valence-electron chi connectivity index (χ1n) is 10.9. The predicted octanol–water partition coefficient (Wildman–Crippen LogP) is 3.39. The average molecular weight is 409 g/mol. The molecular weight excluding hydrogens is 376 g/mol. The Balaban J connectivity index is 1.40. The lowest BCUT2D eigenvalue weighted by Gasteiger charge is -2.55. The number of nitrogens with zero attached hydrogens (tertiary/aromatic N) is 1. The Labute approximate surface area is 167 Å². The van der Waals surface area contributed by atoms with Crippen LogP contribution >= 0.6 is 0 Å². The molecule has 156 valence electrons. The normalized spacial score (nSPS) is 47.0. The second-order valence-corrected chi connectivity index (χ2v) is 12.6. The second-order valence-electron chi connectivity index (χ2n) is 11.2. The molecule has 0 spiro atoms. The topological polar surface area (TPSA) is 95.8 Å². The quantitative estimate of drug-likeness (QED) is 0.550. The van der Waals surface area contributed by atoms with Gasteiger partial charge in [0.25, 0.3) is 10.1 Å². The van der Waals surface area contributed by atoms with Gasteiger partial charge in [0.05, 0.1) is 11.2 Å². The molecule has 0 saturated heterocycles. The van der Waals surface area contributed by atoms with Gasteiger partial charge in [-0.1, -0.05) is 13.8 Å². The number of nitrogens with one attached hydrogen (secondary N) is 1. The first-order chi connectivity index (χ1) is 13.0. The zero-order valence-electron chi connectivity index (χ0n) is 16.9. The summed E-state index contributed by atoms with van der Waals surface area (Å²) in [6.07, 6.45) is 9.18. The maximum Gasteiger partial charge on any atom is 0.265 e. The average Bonchev–Trinajstić information content (AvgIpc) is 2.91. The Morgan fingerprint density at radius 2 is 1.71 bits per heavy atom. The van der Waals surface area contributed by atoms with E-state index in [-0.39, 0.29) is 22.5 Å². The molecule has 0 radical (unpaired) electrons. The van der Waals surface area contributed by atoms with E-state index in [1.165, 1.54) is 19.3 Å². The highest BCUT2D eigenvalue weighted by Gasteiger charge is 2.64. The van der Waals surface area contributed by atoms with Crippen LogP contribution in [0, 0.1) is 39.9 Å². The molecule has 0 aliphatic heterocycles. The molecule has 0 heterocycles. The fourth-order valence-electron chi connectivity index (χ4n) is 8.23. The number of amides is 1. The summed E-state index contributed by atoms with van der Waals surface area (Å²) < 4.78 is 33.2. The predicted molar refractivity (Wildman–Crippen MR) is 106 cm³/mol. The molecule has 28 heavy (non-hydrogen) atoms. The zero-order chi connectivity index (χ0) is 19.9. The molecule has 6 fully saturated rings. The molecule has 6 rings (SSSR count).